The van der Waals surface area contributed by atoms with E-state index in [1.807, 2.05) is 30.3 Å². The second-order valence-corrected chi connectivity index (χ2v) is 1.08. The molecule has 0 aliphatic carbocycles. The quantitative estimate of drug-likeness (QED) is 0.391. The molecule has 0 spiro atoms. The van der Waals surface area contributed by atoms with E-state index in [-0.39, 0.29) is 21.1 Å². The molecule has 0 aliphatic rings. The summed E-state index contributed by atoms with van der Waals surface area (Å²) in [5.41, 5.74) is 0. The van der Waals surface area contributed by atoms with Gasteiger partial charge in [0.1, 0.15) is 0 Å². The Balaban J connectivity index is -0.0000000508. The molecule has 0 bridgehead atoms. The Kier molecular flexibility index (Phi) is 77.4. The van der Waals surface area contributed by atoms with E-state index >= 15 is 0 Å². The smallest absolute Gasteiger partial charge is 0.545 e. The van der Waals surface area contributed by atoms with Crippen molar-refractivity contribution >= 4 is 20.4 Å². The Morgan fingerprint density at radius 3 is 1.08 bits per heavy atom. The van der Waals surface area contributed by atoms with E-state index in [0.717, 1.165) is 0 Å². The molecule has 0 N–H and O–H groups in total. The molecule has 1 rings (SSSR count). The fourth-order valence-corrected chi connectivity index (χ4v) is 0.342. The first-order chi connectivity index (χ1) is 6.00. The van der Waals surface area contributed by atoms with Crippen LogP contribution in [0.3, 0.4) is 0 Å². The summed E-state index contributed by atoms with van der Waals surface area (Å²) >= 11 is 0. The summed E-state index contributed by atoms with van der Waals surface area (Å²) in [6, 6.07) is 12.5. The summed E-state index contributed by atoms with van der Waals surface area (Å²) in [5, 5.41) is 0. The monoisotopic (exact) mass is 262 g/mol. The molecule has 0 aromatic heterocycles. The molecule has 3 nitrogen and oxygen atoms in total. The van der Waals surface area contributed by atoms with E-state index in [1.165, 1.54) is 0 Å². The van der Waals surface area contributed by atoms with Gasteiger partial charge < -0.3 is 14.4 Å². The van der Waals surface area contributed by atoms with Crippen molar-refractivity contribution in [3.05, 3.63) is 36.4 Å². The van der Waals surface area contributed by atoms with Crippen LogP contribution in [-0.2, 0) is 35.4 Å². The normalized spacial score (nSPS) is 4.62. The zero-order chi connectivity index (χ0) is 10.2. The molecule has 0 heterocycles. The summed E-state index contributed by atoms with van der Waals surface area (Å²) in [6.07, 6.45) is 0. The molecule has 0 fully saturated rings. The van der Waals surface area contributed by atoms with Gasteiger partial charge in [-0.15, -0.1) is 0 Å². The minimum atomic E-state index is 0. The van der Waals surface area contributed by atoms with Crippen molar-refractivity contribution in [1.82, 2.24) is 0 Å². The first kappa shape index (κ1) is 22.7. The van der Waals surface area contributed by atoms with E-state index in [9.17, 15) is 0 Å². The fourth-order valence-electron chi connectivity index (χ4n) is 0.342. The molecular weight excluding hydrogens is 252 g/mol. The second-order valence-electron chi connectivity index (χ2n) is 1.08. The predicted molar refractivity (Wildman–Crippen MR) is 45.5 cm³/mol. The molecular formula is C9H8MoO3. The molecule has 0 aliphatic heterocycles. The van der Waals surface area contributed by atoms with Gasteiger partial charge in [0.2, 0.25) is 0 Å². The minimum absolute atomic E-state index is 0. The van der Waals surface area contributed by atoms with Gasteiger partial charge in [0.15, 0.2) is 0 Å². The van der Waals surface area contributed by atoms with Gasteiger partial charge in [-0.05, 0) is 0 Å². The topological polar surface area (TPSA) is 51.2 Å². The molecule has 0 atom stereocenters. The van der Waals surface area contributed by atoms with Crippen LogP contribution in [0, 0.1) is 6.07 Å². The number of benzene rings is 1. The Labute approximate surface area is 92.4 Å². The minimum Gasteiger partial charge on any atom is -0.545 e. The Morgan fingerprint density at radius 2 is 1.00 bits per heavy atom. The van der Waals surface area contributed by atoms with E-state index in [4.69, 9.17) is 14.4 Å². The first-order valence-electron chi connectivity index (χ1n) is 2.62. The number of hydrogen-bond donors (Lipinski definition) is 0. The third kappa shape index (κ3) is 35.9. The van der Waals surface area contributed by atoms with Crippen molar-refractivity contribution in [3.8, 4) is 0 Å². The molecule has 0 saturated heterocycles. The van der Waals surface area contributed by atoms with Gasteiger partial charge in [0.05, 0.1) is 0 Å². The van der Waals surface area contributed by atoms with Gasteiger partial charge in [-0.3, -0.25) is 20.4 Å². The van der Waals surface area contributed by atoms with E-state index < -0.39 is 0 Å². The van der Waals surface area contributed by atoms with E-state index in [2.05, 4.69) is 26.4 Å². The van der Waals surface area contributed by atoms with Crippen LogP contribution in [0.1, 0.15) is 0 Å². The van der Waals surface area contributed by atoms with Crippen LogP contribution in [0.15, 0.2) is 30.3 Å². The van der Waals surface area contributed by atoms with Gasteiger partial charge in [-0.25, -0.2) is 0 Å². The van der Waals surface area contributed by atoms with Gasteiger partial charge in [-0.2, -0.15) is 36.4 Å². The van der Waals surface area contributed by atoms with Crippen molar-refractivity contribution in [2.45, 2.75) is 0 Å². The maximum absolute atomic E-state index is 7.75. The standard InChI is InChI=1S/C6H5.3CHO.Mo/c1-2-4-6-5-3-1;3*1-2;/h1-5H;3*1H;/q4*-1;+4. The predicted octanol–water partition coefficient (Wildman–Crippen LogP) is 0.662. The number of hydrogen-bond acceptors (Lipinski definition) is 3. The summed E-state index contributed by atoms with van der Waals surface area (Å²) in [5.74, 6) is 0. The maximum Gasteiger partial charge on any atom is 4.00 e. The summed E-state index contributed by atoms with van der Waals surface area (Å²) in [6.45, 7) is 9.75. The van der Waals surface area contributed by atoms with E-state index in [0.29, 0.717) is 0 Å². The third-order valence-electron chi connectivity index (χ3n) is 0.607. The van der Waals surface area contributed by atoms with Crippen molar-refractivity contribution in [1.29, 1.82) is 0 Å². The Bertz CT molecular complexity index is 115. The van der Waals surface area contributed by atoms with Crippen molar-refractivity contribution in [2.24, 2.45) is 0 Å². The van der Waals surface area contributed by atoms with Crippen LogP contribution in [-0.4, -0.2) is 20.4 Å². The van der Waals surface area contributed by atoms with Crippen LogP contribution in [0.4, 0.5) is 0 Å². The van der Waals surface area contributed by atoms with Crippen LogP contribution in [0.2, 0.25) is 0 Å². The van der Waals surface area contributed by atoms with Crippen LogP contribution >= 0.6 is 0 Å². The Morgan fingerprint density at radius 1 is 0.692 bits per heavy atom. The average Bonchev–Trinajstić information content (AvgIpc) is 2.29. The molecule has 0 radical (unpaired) electrons. The summed E-state index contributed by atoms with van der Waals surface area (Å²) in [4.78, 5) is 23.2. The molecule has 1 aromatic carbocycles. The molecule has 4 heteroatoms. The van der Waals surface area contributed by atoms with E-state index in [1.54, 1.807) is 0 Å². The molecule has 1 aromatic rings. The summed E-state index contributed by atoms with van der Waals surface area (Å²) < 4.78 is 0. The van der Waals surface area contributed by atoms with Gasteiger partial charge >= 0.3 is 21.1 Å². The fraction of sp³-hybridized carbons (Fsp3) is 0. The molecule has 0 amide bonds. The van der Waals surface area contributed by atoms with Gasteiger partial charge in [0, 0.05) is 0 Å². The zero-order valence-electron chi connectivity index (χ0n) is 6.75. The Hall–Kier alpha value is -1.08. The van der Waals surface area contributed by atoms with Crippen molar-refractivity contribution in [2.75, 3.05) is 0 Å². The largest absolute Gasteiger partial charge is 4.00 e. The molecule has 0 unspecified atom stereocenters. The molecule has 68 valence electrons. The zero-order valence-corrected chi connectivity index (χ0v) is 8.76. The van der Waals surface area contributed by atoms with Crippen molar-refractivity contribution < 1.29 is 35.4 Å². The van der Waals surface area contributed by atoms with Gasteiger partial charge in [0.25, 0.3) is 0 Å². The SMILES string of the molecule is [CH-]=O.[CH-]=O.[CH-]=O.[Mo+4].[c-]1ccccc1. The third-order valence-corrected chi connectivity index (χ3v) is 0.607. The van der Waals surface area contributed by atoms with Crippen molar-refractivity contribution in [3.63, 3.8) is 0 Å². The van der Waals surface area contributed by atoms with Gasteiger partial charge in [-0.1, -0.05) is 0 Å². The number of carbonyl (C=O) groups excluding carboxylic acids is 3. The first-order valence-corrected chi connectivity index (χ1v) is 2.62. The molecule has 13 heavy (non-hydrogen) atoms. The van der Waals surface area contributed by atoms with Crippen LogP contribution in [0.25, 0.3) is 0 Å². The average molecular weight is 260 g/mol. The molecule has 0 saturated carbocycles. The summed E-state index contributed by atoms with van der Waals surface area (Å²) in [7, 11) is 0. The number of rotatable bonds is 0. The second kappa shape index (κ2) is 44.4. The maximum atomic E-state index is 7.75. The van der Waals surface area contributed by atoms with Crippen LogP contribution < -0.4 is 0 Å². The van der Waals surface area contributed by atoms with Crippen LogP contribution in [0.5, 0.6) is 0 Å².